The number of ether oxygens (including phenoxy) is 1. The molecule has 12 heteroatoms. The summed E-state index contributed by atoms with van der Waals surface area (Å²) in [5.74, 6) is -0.182. The Morgan fingerprint density at radius 1 is 0.953 bits per heavy atom. The van der Waals surface area contributed by atoms with E-state index in [9.17, 15) is 19.2 Å². The highest BCUT2D eigenvalue weighted by atomic mass is 35.5. The maximum Gasteiger partial charge on any atom is 0.407 e. The number of urea groups is 1. The second-order valence-corrected chi connectivity index (χ2v) is 12.5. The zero-order chi connectivity index (χ0) is 31.5. The number of carbonyl (C=O) groups excluding carboxylic acids is 4. The SMILES string of the molecule is CC(C)C[C@@H](CN1CC(=O)C(NC(=O)[C@H](CC(C)C)NC(=O)Nc2ccc(Cl)c(Cl)c2)C1)NC(=O)OCc1ccccc1. The number of hydrogen-bond donors (Lipinski definition) is 4. The van der Waals surface area contributed by atoms with Gasteiger partial charge in [0.1, 0.15) is 18.7 Å². The van der Waals surface area contributed by atoms with Crippen LogP contribution in [0.1, 0.15) is 46.1 Å². The van der Waals surface area contributed by atoms with Gasteiger partial charge in [0.15, 0.2) is 5.78 Å². The Labute approximate surface area is 263 Å². The number of nitrogens with zero attached hydrogens (tertiary/aromatic N) is 1. The second-order valence-electron chi connectivity index (χ2n) is 11.7. The van der Waals surface area contributed by atoms with E-state index in [2.05, 4.69) is 35.1 Å². The minimum absolute atomic E-state index is 0.0984. The second kappa shape index (κ2) is 16.5. The smallest absolute Gasteiger partial charge is 0.407 e. The fourth-order valence-corrected chi connectivity index (χ4v) is 5.18. The summed E-state index contributed by atoms with van der Waals surface area (Å²) in [5.41, 5.74) is 1.31. The predicted molar refractivity (Wildman–Crippen MR) is 168 cm³/mol. The van der Waals surface area contributed by atoms with Crippen LogP contribution in [-0.4, -0.2) is 66.5 Å². The standard InChI is InChI=1S/C31H41Cl2N5O5/c1-19(2)12-23(35-31(42)43-18-21-8-6-5-7-9-21)15-38-16-27(28(39)17-38)36-29(40)26(13-20(3)4)37-30(41)34-22-10-11-24(32)25(33)14-22/h5-11,14,19-20,23,26-27H,12-13,15-18H2,1-4H3,(H,35,42)(H,36,40)(H2,34,37,41)/t23-,26-,27?/m0/s1. The van der Waals surface area contributed by atoms with Gasteiger partial charge in [0.2, 0.25) is 5.91 Å². The monoisotopic (exact) mass is 633 g/mol. The maximum atomic E-state index is 13.2. The molecule has 0 aromatic heterocycles. The maximum absolute atomic E-state index is 13.2. The van der Waals surface area contributed by atoms with Crippen molar-refractivity contribution in [3.63, 3.8) is 0 Å². The minimum Gasteiger partial charge on any atom is -0.445 e. The molecule has 2 aromatic rings. The van der Waals surface area contributed by atoms with Crippen molar-refractivity contribution in [1.29, 1.82) is 0 Å². The highest BCUT2D eigenvalue weighted by Crippen LogP contribution is 2.25. The van der Waals surface area contributed by atoms with E-state index in [0.29, 0.717) is 42.6 Å². The number of likely N-dealkylation sites (tertiary alicyclic amines) is 1. The Kier molecular flexibility index (Phi) is 13.1. The predicted octanol–water partition coefficient (Wildman–Crippen LogP) is 5.24. The number of amides is 4. The van der Waals surface area contributed by atoms with E-state index in [-0.39, 0.29) is 35.9 Å². The Morgan fingerprint density at radius 3 is 2.30 bits per heavy atom. The number of hydrogen-bond acceptors (Lipinski definition) is 6. The van der Waals surface area contributed by atoms with Gasteiger partial charge in [0.25, 0.3) is 0 Å². The van der Waals surface area contributed by atoms with Crippen molar-refractivity contribution in [2.45, 2.75) is 65.3 Å². The molecule has 43 heavy (non-hydrogen) atoms. The molecule has 1 aliphatic heterocycles. The molecule has 0 bridgehead atoms. The molecule has 3 atom stereocenters. The lowest BCUT2D eigenvalue weighted by Crippen LogP contribution is -2.53. The molecule has 4 N–H and O–H groups in total. The zero-order valence-electron chi connectivity index (χ0n) is 25.0. The van der Waals surface area contributed by atoms with Crippen molar-refractivity contribution in [1.82, 2.24) is 20.9 Å². The molecule has 1 aliphatic rings. The molecule has 0 aliphatic carbocycles. The van der Waals surface area contributed by atoms with E-state index in [0.717, 1.165) is 5.56 Å². The Hall–Kier alpha value is -3.34. The highest BCUT2D eigenvalue weighted by Gasteiger charge is 2.35. The number of benzene rings is 2. The Bertz CT molecular complexity index is 1260. The van der Waals surface area contributed by atoms with E-state index in [1.807, 2.05) is 49.1 Å². The quantitative estimate of drug-likeness (QED) is 0.239. The van der Waals surface area contributed by atoms with Gasteiger partial charge < -0.3 is 26.0 Å². The van der Waals surface area contributed by atoms with Crippen LogP contribution >= 0.6 is 23.2 Å². The largest absolute Gasteiger partial charge is 0.445 e. The summed E-state index contributed by atoms with van der Waals surface area (Å²) >= 11 is 12.0. The molecule has 0 spiro atoms. The summed E-state index contributed by atoms with van der Waals surface area (Å²) in [4.78, 5) is 53.2. The number of ketones is 1. The highest BCUT2D eigenvalue weighted by molar-refractivity contribution is 6.42. The van der Waals surface area contributed by atoms with Gasteiger partial charge in [-0.15, -0.1) is 0 Å². The van der Waals surface area contributed by atoms with Crippen LogP contribution in [0.15, 0.2) is 48.5 Å². The average molecular weight is 635 g/mol. The molecule has 10 nitrogen and oxygen atoms in total. The molecule has 0 radical (unpaired) electrons. The van der Waals surface area contributed by atoms with E-state index >= 15 is 0 Å². The number of halogens is 2. The van der Waals surface area contributed by atoms with E-state index < -0.39 is 30.1 Å². The van der Waals surface area contributed by atoms with Gasteiger partial charge in [-0.3, -0.25) is 14.5 Å². The summed E-state index contributed by atoms with van der Waals surface area (Å²) < 4.78 is 5.39. The van der Waals surface area contributed by atoms with Crippen LogP contribution in [0.5, 0.6) is 0 Å². The fourth-order valence-electron chi connectivity index (χ4n) is 4.89. The summed E-state index contributed by atoms with van der Waals surface area (Å²) in [6.07, 6.45) is 0.541. The van der Waals surface area contributed by atoms with Gasteiger partial charge in [-0.2, -0.15) is 0 Å². The first-order valence-electron chi connectivity index (χ1n) is 14.4. The zero-order valence-corrected chi connectivity index (χ0v) is 26.5. The van der Waals surface area contributed by atoms with Crippen molar-refractivity contribution < 1.29 is 23.9 Å². The van der Waals surface area contributed by atoms with Crippen LogP contribution in [0.3, 0.4) is 0 Å². The molecular weight excluding hydrogens is 593 g/mol. The van der Waals surface area contributed by atoms with Gasteiger partial charge in [-0.05, 0) is 48.4 Å². The number of anilines is 1. The van der Waals surface area contributed by atoms with Crippen molar-refractivity contribution >= 4 is 52.7 Å². The van der Waals surface area contributed by atoms with Gasteiger partial charge in [0, 0.05) is 24.8 Å². The van der Waals surface area contributed by atoms with E-state index in [4.69, 9.17) is 27.9 Å². The molecule has 0 saturated carbocycles. The number of alkyl carbamates (subject to hydrolysis) is 1. The summed E-state index contributed by atoms with van der Waals surface area (Å²) in [6.45, 7) is 9.01. The van der Waals surface area contributed by atoms with Crippen molar-refractivity contribution in [2.75, 3.05) is 25.0 Å². The number of nitrogens with one attached hydrogen (secondary N) is 4. The molecule has 4 amide bonds. The van der Waals surface area contributed by atoms with Crippen LogP contribution < -0.4 is 21.3 Å². The minimum atomic E-state index is -0.862. The van der Waals surface area contributed by atoms with Crippen LogP contribution in [0.4, 0.5) is 15.3 Å². The lowest BCUT2D eigenvalue weighted by atomic mass is 10.0. The molecule has 3 rings (SSSR count). The first-order valence-corrected chi connectivity index (χ1v) is 15.2. The first kappa shape index (κ1) is 34.2. The van der Waals surface area contributed by atoms with Crippen LogP contribution in [0.2, 0.25) is 10.0 Å². The van der Waals surface area contributed by atoms with Gasteiger partial charge in [-0.1, -0.05) is 81.2 Å². The van der Waals surface area contributed by atoms with Crippen molar-refractivity contribution in [3.8, 4) is 0 Å². The van der Waals surface area contributed by atoms with Gasteiger partial charge >= 0.3 is 12.1 Å². The molecular formula is C31H41Cl2N5O5. The molecule has 1 heterocycles. The molecule has 1 fully saturated rings. The Morgan fingerprint density at radius 2 is 1.65 bits per heavy atom. The molecule has 1 saturated heterocycles. The third-order valence-electron chi connectivity index (χ3n) is 6.80. The third kappa shape index (κ3) is 11.7. The fraction of sp³-hybridized carbons (Fsp3) is 0.484. The van der Waals surface area contributed by atoms with Crippen LogP contribution in [-0.2, 0) is 20.9 Å². The topological polar surface area (TPSA) is 129 Å². The first-order chi connectivity index (χ1) is 20.4. The Balaban J connectivity index is 1.55. The van der Waals surface area contributed by atoms with E-state index in [1.54, 1.807) is 12.1 Å². The van der Waals surface area contributed by atoms with Crippen molar-refractivity contribution in [3.05, 3.63) is 64.1 Å². The lowest BCUT2D eigenvalue weighted by molar-refractivity contribution is -0.127. The summed E-state index contributed by atoms with van der Waals surface area (Å²) in [6, 6.07) is 11.7. The third-order valence-corrected chi connectivity index (χ3v) is 7.54. The molecule has 2 aromatic carbocycles. The van der Waals surface area contributed by atoms with Crippen LogP contribution in [0.25, 0.3) is 0 Å². The lowest BCUT2D eigenvalue weighted by Gasteiger charge is -2.26. The molecule has 1 unspecified atom stereocenters. The van der Waals surface area contributed by atoms with Crippen molar-refractivity contribution in [2.24, 2.45) is 11.8 Å². The summed E-state index contributed by atoms with van der Waals surface area (Å²) in [5, 5.41) is 11.8. The number of carbonyl (C=O) groups is 4. The van der Waals surface area contributed by atoms with Crippen LogP contribution in [0, 0.1) is 11.8 Å². The van der Waals surface area contributed by atoms with Gasteiger partial charge in [-0.25, -0.2) is 9.59 Å². The number of rotatable bonds is 13. The number of Topliss-reactive ketones (excluding diaryl/α,β-unsaturated/α-hetero) is 1. The summed E-state index contributed by atoms with van der Waals surface area (Å²) in [7, 11) is 0. The molecule has 234 valence electrons. The van der Waals surface area contributed by atoms with Gasteiger partial charge in [0.05, 0.1) is 16.6 Å². The van der Waals surface area contributed by atoms with E-state index in [1.165, 1.54) is 6.07 Å². The normalized spacial score (nSPS) is 16.6. The average Bonchev–Trinajstić information content (AvgIpc) is 3.27.